The molecule has 0 spiro atoms. The van der Waals surface area contributed by atoms with E-state index in [4.69, 9.17) is 4.52 Å². The molecule has 0 aliphatic carbocycles. The largest absolute Gasteiger partial charge is 0.364 e. The summed E-state index contributed by atoms with van der Waals surface area (Å²) in [5, 5.41) is 10.2. The van der Waals surface area contributed by atoms with Crippen LogP contribution in [0.5, 0.6) is 0 Å². The molecular formula is C10H19IN4O. The maximum Gasteiger partial charge on any atom is 0.191 e. The van der Waals surface area contributed by atoms with Gasteiger partial charge >= 0.3 is 0 Å². The van der Waals surface area contributed by atoms with Crippen molar-refractivity contribution in [2.24, 2.45) is 4.99 Å². The number of hydrogen-bond acceptors (Lipinski definition) is 3. The molecule has 0 aliphatic heterocycles. The highest BCUT2D eigenvalue weighted by Gasteiger charge is 2.11. The molecule has 0 fully saturated rings. The molecule has 5 nitrogen and oxygen atoms in total. The third kappa shape index (κ3) is 5.94. The SMILES string of the molecule is CN=C(NCc1ccon1)NC(C)(C)C.I. The predicted octanol–water partition coefficient (Wildman–Crippen LogP) is 1.76. The van der Waals surface area contributed by atoms with Crippen molar-refractivity contribution in [1.82, 2.24) is 15.8 Å². The molecule has 0 bridgehead atoms. The minimum atomic E-state index is -0.00827. The van der Waals surface area contributed by atoms with Crippen LogP contribution in [-0.2, 0) is 6.54 Å². The zero-order chi connectivity index (χ0) is 11.3. The highest BCUT2D eigenvalue weighted by Crippen LogP contribution is 1.98. The van der Waals surface area contributed by atoms with Crippen molar-refractivity contribution in [2.45, 2.75) is 32.9 Å². The van der Waals surface area contributed by atoms with Gasteiger partial charge in [0.15, 0.2) is 5.96 Å². The Morgan fingerprint density at radius 2 is 2.19 bits per heavy atom. The van der Waals surface area contributed by atoms with Gasteiger partial charge in [-0.3, -0.25) is 4.99 Å². The zero-order valence-corrected chi connectivity index (χ0v) is 12.4. The molecule has 1 heterocycles. The molecule has 0 aliphatic rings. The Hall–Kier alpha value is -0.790. The molecule has 0 radical (unpaired) electrons. The zero-order valence-electron chi connectivity index (χ0n) is 10.1. The van der Waals surface area contributed by atoms with Crippen LogP contribution >= 0.6 is 24.0 Å². The molecule has 0 saturated heterocycles. The fourth-order valence-electron chi connectivity index (χ4n) is 1.04. The van der Waals surface area contributed by atoms with Gasteiger partial charge in [0.05, 0.1) is 6.54 Å². The van der Waals surface area contributed by atoms with Gasteiger partial charge in [-0.25, -0.2) is 0 Å². The molecule has 92 valence electrons. The molecule has 0 atom stereocenters. The van der Waals surface area contributed by atoms with Gasteiger partial charge in [0, 0.05) is 18.7 Å². The van der Waals surface area contributed by atoms with E-state index >= 15 is 0 Å². The molecule has 0 aromatic carbocycles. The second kappa shape index (κ2) is 6.72. The first-order chi connectivity index (χ1) is 7.01. The lowest BCUT2D eigenvalue weighted by atomic mass is 10.1. The second-order valence-electron chi connectivity index (χ2n) is 4.29. The molecule has 1 rings (SSSR count). The van der Waals surface area contributed by atoms with Gasteiger partial charge in [0.2, 0.25) is 0 Å². The minimum Gasteiger partial charge on any atom is -0.364 e. The number of guanidine groups is 1. The fourth-order valence-corrected chi connectivity index (χ4v) is 1.04. The molecule has 16 heavy (non-hydrogen) atoms. The van der Waals surface area contributed by atoms with Crippen LogP contribution in [0.2, 0.25) is 0 Å². The summed E-state index contributed by atoms with van der Waals surface area (Å²) in [6, 6.07) is 1.82. The van der Waals surface area contributed by atoms with Crippen LogP contribution in [0, 0.1) is 0 Å². The van der Waals surface area contributed by atoms with E-state index in [1.54, 1.807) is 13.3 Å². The topological polar surface area (TPSA) is 62.5 Å². The van der Waals surface area contributed by atoms with Gasteiger partial charge in [-0.1, -0.05) is 5.16 Å². The van der Waals surface area contributed by atoms with E-state index in [1.165, 1.54) is 0 Å². The van der Waals surface area contributed by atoms with Crippen molar-refractivity contribution >= 4 is 29.9 Å². The van der Waals surface area contributed by atoms with Crippen molar-refractivity contribution < 1.29 is 4.52 Å². The molecule has 1 aromatic heterocycles. The molecule has 0 amide bonds. The van der Waals surface area contributed by atoms with Gasteiger partial charge in [-0.15, -0.1) is 24.0 Å². The monoisotopic (exact) mass is 338 g/mol. The summed E-state index contributed by atoms with van der Waals surface area (Å²) in [4.78, 5) is 4.11. The van der Waals surface area contributed by atoms with Crippen LogP contribution in [0.4, 0.5) is 0 Å². The summed E-state index contributed by atoms with van der Waals surface area (Å²) >= 11 is 0. The van der Waals surface area contributed by atoms with E-state index in [0.29, 0.717) is 6.54 Å². The van der Waals surface area contributed by atoms with Gasteiger partial charge < -0.3 is 15.2 Å². The number of aliphatic imine (C=N–C) groups is 1. The maximum absolute atomic E-state index is 4.73. The molecular weight excluding hydrogens is 319 g/mol. The normalized spacial score (nSPS) is 11.9. The Morgan fingerprint density at radius 1 is 1.50 bits per heavy atom. The number of halogens is 1. The summed E-state index contributed by atoms with van der Waals surface area (Å²) in [7, 11) is 1.74. The summed E-state index contributed by atoms with van der Waals surface area (Å²) in [6.45, 7) is 6.84. The number of rotatable bonds is 2. The lowest BCUT2D eigenvalue weighted by molar-refractivity contribution is 0.410. The lowest BCUT2D eigenvalue weighted by Gasteiger charge is -2.23. The molecule has 2 N–H and O–H groups in total. The summed E-state index contributed by atoms with van der Waals surface area (Å²) in [5.74, 6) is 0.755. The lowest BCUT2D eigenvalue weighted by Crippen LogP contribution is -2.47. The predicted molar refractivity (Wildman–Crippen MR) is 75.0 cm³/mol. The van der Waals surface area contributed by atoms with Crippen molar-refractivity contribution in [3.8, 4) is 0 Å². The van der Waals surface area contributed by atoms with Crippen LogP contribution in [0.25, 0.3) is 0 Å². The van der Waals surface area contributed by atoms with Gasteiger partial charge in [0.1, 0.15) is 12.0 Å². The maximum atomic E-state index is 4.73. The van der Waals surface area contributed by atoms with Crippen LogP contribution in [0.1, 0.15) is 26.5 Å². The Kier molecular flexibility index (Phi) is 6.39. The van der Waals surface area contributed by atoms with E-state index < -0.39 is 0 Å². The number of nitrogens with one attached hydrogen (secondary N) is 2. The Balaban J connectivity index is 0.00000225. The average Bonchev–Trinajstić information content (AvgIpc) is 2.62. The van der Waals surface area contributed by atoms with Gasteiger partial charge in [-0.05, 0) is 20.8 Å². The van der Waals surface area contributed by atoms with Crippen molar-refractivity contribution in [2.75, 3.05) is 7.05 Å². The minimum absolute atomic E-state index is 0. The molecule has 6 heteroatoms. The number of nitrogens with zero attached hydrogens (tertiary/aromatic N) is 2. The van der Waals surface area contributed by atoms with Crippen LogP contribution in [0.15, 0.2) is 21.8 Å². The van der Waals surface area contributed by atoms with E-state index in [9.17, 15) is 0 Å². The highest BCUT2D eigenvalue weighted by molar-refractivity contribution is 14.0. The van der Waals surface area contributed by atoms with Crippen molar-refractivity contribution in [3.63, 3.8) is 0 Å². The Morgan fingerprint density at radius 3 is 2.62 bits per heavy atom. The molecule has 1 aromatic rings. The quantitative estimate of drug-likeness (QED) is 0.490. The third-order valence-electron chi connectivity index (χ3n) is 1.65. The van der Waals surface area contributed by atoms with E-state index in [0.717, 1.165) is 11.7 Å². The van der Waals surface area contributed by atoms with Crippen LogP contribution in [0.3, 0.4) is 0 Å². The first-order valence-corrected chi connectivity index (χ1v) is 4.89. The van der Waals surface area contributed by atoms with E-state index in [2.05, 4.69) is 41.6 Å². The first-order valence-electron chi connectivity index (χ1n) is 4.89. The van der Waals surface area contributed by atoms with Crippen molar-refractivity contribution in [3.05, 3.63) is 18.0 Å². The first kappa shape index (κ1) is 15.2. The van der Waals surface area contributed by atoms with E-state index in [1.807, 2.05) is 6.07 Å². The smallest absolute Gasteiger partial charge is 0.191 e. The summed E-state index contributed by atoms with van der Waals surface area (Å²) in [5.41, 5.74) is 0.845. The highest BCUT2D eigenvalue weighted by atomic mass is 127. The molecule has 0 unspecified atom stereocenters. The van der Waals surface area contributed by atoms with Gasteiger partial charge in [0.25, 0.3) is 0 Å². The molecule has 0 saturated carbocycles. The Labute approximate surface area is 113 Å². The second-order valence-corrected chi connectivity index (χ2v) is 4.29. The number of hydrogen-bond donors (Lipinski definition) is 2. The van der Waals surface area contributed by atoms with Crippen LogP contribution < -0.4 is 10.6 Å². The fraction of sp³-hybridized carbons (Fsp3) is 0.600. The summed E-state index contributed by atoms with van der Waals surface area (Å²) < 4.78 is 4.73. The third-order valence-corrected chi connectivity index (χ3v) is 1.65. The Bertz CT molecular complexity index is 316. The summed E-state index contributed by atoms with van der Waals surface area (Å²) in [6.07, 6.45) is 1.55. The van der Waals surface area contributed by atoms with Crippen LogP contribution in [-0.4, -0.2) is 23.7 Å². The van der Waals surface area contributed by atoms with Crippen molar-refractivity contribution in [1.29, 1.82) is 0 Å². The average molecular weight is 338 g/mol. The number of aromatic nitrogens is 1. The standard InChI is InChI=1S/C10H18N4O.HI/c1-10(2,3)13-9(11-4)12-7-8-5-6-15-14-8;/h5-6H,7H2,1-4H3,(H2,11,12,13);1H. The van der Waals surface area contributed by atoms with E-state index in [-0.39, 0.29) is 29.5 Å². The van der Waals surface area contributed by atoms with Gasteiger partial charge in [-0.2, -0.15) is 0 Å².